The summed E-state index contributed by atoms with van der Waals surface area (Å²) >= 11 is 274. The van der Waals surface area contributed by atoms with Crippen LogP contribution in [0, 0.1) is 0 Å². The summed E-state index contributed by atoms with van der Waals surface area (Å²) in [7, 11) is 0. The SMILES string of the molecule is FS(=S)(=S)S(=S)(=S)S(=S)(=S)S(=S)(=S)S(=S)(=S)S(=S)(=S)S(=S)(=S)S(=S)(=S)S(=S)(=S)S(=S)(=S)S(=S)(=S)S(=S)(=S)S(=S)(=S)S(=S)(=S)S(=S)(=S)S(=S)(=S)S(=S)(=S)S(=S)(=S)S(=S)(=S)S(=S)(=S)S(=S)(=S)S(=S)(=S)S(=S)(=S)S. The predicted molar refractivity (Wildman–Crippen MR) is 518 cm³/mol. The summed E-state index contributed by atoms with van der Waals surface area (Å²) in [6.45, 7) is -4.18. The van der Waals surface area contributed by atoms with Crippen molar-refractivity contribution in [3.05, 3.63) is 0 Å². The van der Waals surface area contributed by atoms with Crippen LogP contribution in [0.25, 0.3) is 0 Å². The van der Waals surface area contributed by atoms with Crippen molar-refractivity contribution in [1.29, 1.82) is 0 Å². The third kappa shape index (κ3) is 14.1. The topological polar surface area (TPSA) is 0 Å². The van der Waals surface area contributed by atoms with Gasteiger partial charge in [-0.05, 0) is 515 Å². The molecule has 71 heavy (non-hydrogen) atoms. The van der Waals surface area contributed by atoms with E-state index < -0.39 is 121 Å². The van der Waals surface area contributed by atoms with Crippen LogP contribution < -0.4 is 0 Å². The van der Waals surface area contributed by atoms with Gasteiger partial charge in [-0.3, -0.25) is 0 Å². The van der Waals surface area contributed by atoms with Gasteiger partial charge >= 0.3 is 0 Å². The molecule has 0 fully saturated rings. The Kier molecular flexibility index (Phi) is 34.8. The van der Waals surface area contributed by atoms with Crippen LogP contribution in [0.4, 0.5) is 3.89 Å². The Hall–Kier alpha value is 18.5. The molecule has 0 aliphatic carbocycles. The summed E-state index contributed by atoms with van der Waals surface area (Å²) < 4.78 is 15.4. The maximum atomic E-state index is 15.4. The molecule has 0 aromatic carbocycles. The highest BCUT2D eigenvalue weighted by molar-refractivity contribution is 9.81. The highest BCUT2D eigenvalue weighted by atomic mass is 34.5. The largest absolute Gasteiger partial charge is 0.147 e. The van der Waals surface area contributed by atoms with Crippen LogP contribution in [0.2, 0.25) is 0 Å². The molecular weight excluding hydrogens is 2260 g/mol. The summed E-state index contributed by atoms with van der Waals surface area (Å²) in [4.78, 5) is 0. The van der Waals surface area contributed by atoms with Crippen LogP contribution >= 0.6 is 11.7 Å². The third-order valence-corrected chi connectivity index (χ3v) is 441. The van der Waals surface area contributed by atoms with Gasteiger partial charge in [-0.1, -0.05) is 11.7 Å². The summed E-state index contributed by atoms with van der Waals surface area (Å²) in [6.07, 6.45) is 0. The van der Waals surface area contributed by atoms with E-state index in [2.05, 4.69) is 11.7 Å². The Bertz CT molecular complexity index is 4890. The van der Waals surface area contributed by atoms with E-state index in [1.165, 1.54) is 0 Å². The molecule has 0 nitrogen and oxygen atoms in total. The van der Waals surface area contributed by atoms with Gasteiger partial charge in [0.25, 0.3) is 0 Å². The molecule has 0 aliphatic heterocycles. The molecule has 0 unspecified atom stereocenters. The zero-order valence-corrected chi connectivity index (χ0v) is 86.2. The smallest absolute Gasteiger partial charge is 0.131 e. The highest BCUT2D eigenvalue weighted by Crippen LogP contribution is 2.44. The van der Waals surface area contributed by atoms with Gasteiger partial charge in [-0.15, -0.1) is 3.89 Å². The quantitative estimate of drug-likeness (QED) is 0.0917. The highest BCUT2D eigenvalue weighted by Gasteiger charge is 2.48. The van der Waals surface area contributed by atoms with Crippen molar-refractivity contribution in [2.24, 2.45) is 0 Å². The molecule has 0 saturated carbocycles. The first-order valence-corrected chi connectivity index (χ1v) is 104. The van der Waals surface area contributed by atoms with E-state index in [0.717, 1.165) is 0 Å². The van der Waals surface area contributed by atoms with Gasteiger partial charge in [0.05, 0.1) is 5.21 Å². The monoisotopic (exact) mass is 2260 g/mol. The normalized spacial score (nSPS) is 16.9. The van der Waals surface area contributed by atoms with E-state index >= 15 is 3.89 Å². The average Bonchev–Trinajstić information content (AvgIpc) is 3.11. The molecule has 71 heteroatoms. The molecule has 0 N–H and O–H groups in total. The van der Waals surface area contributed by atoms with Gasteiger partial charge < -0.3 is 0 Å². The Morgan fingerprint density at radius 3 is 0.282 bits per heavy atom. The molecule has 0 spiro atoms. The lowest BCUT2D eigenvalue weighted by molar-refractivity contribution is 0.944. The molecule has 0 bridgehead atoms. The van der Waals surface area contributed by atoms with Gasteiger partial charge in [0.1, 0.15) is 6.56 Å². The molecule has 0 aromatic rings. The minimum absolute atomic E-state index is 2.99. The molecule has 0 atom stereocenters. The first-order chi connectivity index (χ1) is 29.5. The van der Waals surface area contributed by atoms with Crippen molar-refractivity contribution in [3.63, 3.8) is 0 Å². The van der Waals surface area contributed by atoms with E-state index in [9.17, 15) is 0 Å². The molecule has 0 radical (unpaired) electrons. The fraction of sp³-hybridized carbons (Fsp3) is 0. The van der Waals surface area contributed by atoms with E-state index in [-0.39, 0.29) is 0 Å². The van der Waals surface area contributed by atoms with Crippen LogP contribution in [0.3, 0.4) is 0 Å². The minimum atomic E-state index is -4.18. The standard InChI is InChI=1S/FHS70/c1-49(2,3)51(7,8)53(11,12)55(15,16)57(19,20)59(23,24)61(27,28)63(31,32)65(35,36)67(39,40)69(43,44)71(47,48)70(45,46)68(41,42)66(37,38)64(33,34)62(29,30)60(25,26)58(21,22)56(17,18)54(13,14)52(9,10)50(4,5)6/h(H,4,5,6). The lowest BCUT2D eigenvalue weighted by atomic mass is 18.9. The summed E-state index contributed by atoms with van der Waals surface area (Å²) in [5.41, 5.74) is 0. The van der Waals surface area contributed by atoms with Gasteiger partial charge in [-0.2, -0.15) is 0 Å². The Morgan fingerprint density at radius 1 is 0.141 bits per heavy atom. The van der Waals surface area contributed by atoms with Crippen LogP contribution in [0.15, 0.2) is 0 Å². The summed E-state index contributed by atoms with van der Waals surface area (Å²) in [5, 5.41) is -84.4. The summed E-state index contributed by atoms with van der Waals surface area (Å²) in [6, 6.07) is 0. The van der Waals surface area contributed by atoms with Crippen molar-refractivity contribution >= 4 is 648 Å². The second-order valence-corrected chi connectivity index (χ2v) is 250. The second-order valence-electron chi connectivity index (χ2n) is 9.39. The van der Waals surface area contributed by atoms with E-state index in [1.807, 2.05) is 0 Å². The Balaban J connectivity index is 8.63. The van der Waals surface area contributed by atoms with Gasteiger partial charge in [0, 0.05) is 109 Å². The number of hydrogen-bond donors (Lipinski definition) is 1. The van der Waals surface area contributed by atoms with Crippen molar-refractivity contribution in [3.8, 4) is 0 Å². The number of rotatable bonds is 22. The fourth-order valence-electron chi connectivity index (χ4n) is 2.14. The Morgan fingerprint density at radius 2 is 0.211 bits per heavy atom. The van der Waals surface area contributed by atoms with Crippen molar-refractivity contribution < 1.29 is 3.89 Å². The Labute approximate surface area is 632 Å². The lowest BCUT2D eigenvalue weighted by Crippen LogP contribution is -2.40. The third-order valence-electron chi connectivity index (χ3n) is 5.50. The molecule has 0 heterocycles. The zero-order valence-electron chi connectivity index (χ0n) is 29.0. The van der Waals surface area contributed by atoms with Crippen molar-refractivity contribution in [2.75, 3.05) is 0 Å². The van der Waals surface area contributed by atoms with Gasteiger partial charge in [0.2, 0.25) is 0 Å². The predicted octanol–water partition coefficient (Wildman–Crippen LogP) is 0.635. The number of halogens is 1. The van der Waals surface area contributed by atoms with Crippen LogP contribution in [0.1, 0.15) is 0 Å². The van der Waals surface area contributed by atoms with Gasteiger partial charge in [0.15, 0.2) is 0 Å². The van der Waals surface area contributed by atoms with E-state index in [4.69, 9.17) is 515 Å². The molecule has 0 saturated heterocycles. The van der Waals surface area contributed by atoms with E-state index in [0.29, 0.717) is 0 Å². The molecule has 0 aromatic heterocycles. The number of thiol groups is 1. The molecule has 0 rings (SSSR count). The first kappa shape index (κ1) is 89.5. The minimum Gasteiger partial charge on any atom is -0.147 e. The van der Waals surface area contributed by atoms with E-state index in [1.54, 1.807) is 0 Å². The molecule has 428 valence electrons. The van der Waals surface area contributed by atoms with Crippen molar-refractivity contribution in [1.82, 2.24) is 0 Å². The fourth-order valence-corrected chi connectivity index (χ4v) is 516. The average molecular weight is 2260 g/mol. The first-order valence-electron chi connectivity index (χ1n) is 11.7. The molecule has 0 amide bonds. The maximum Gasteiger partial charge on any atom is 0.131 e. The van der Waals surface area contributed by atoms with Crippen LogP contribution in [-0.4, -0.2) is 0 Å². The molecule has 0 aliphatic rings. The number of hydrogen-bond acceptors (Lipinski definition) is 46. The zero-order chi connectivity index (χ0) is 59.5. The van der Waals surface area contributed by atoms with Crippen molar-refractivity contribution in [2.45, 2.75) is 0 Å². The van der Waals surface area contributed by atoms with Crippen LogP contribution in [0.5, 0.6) is 0 Å². The van der Waals surface area contributed by atoms with Gasteiger partial charge in [-0.25, -0.2) is 0 Å². The summed E-state index contributed by atoms with van der Waals surface area (Å²) in [5.74, 6) is 0. The lowest BCUT2D eigenvalue weighted by Gasteiger charge is -2.36. The molecular formula is HFS70. The second kappa shape index (κ2) is 27.6. The maximum absolute atomic E-state index is 15.4. The van der Waals surface area contributed by atoms with Crippen LogP contribution in [-0.2, 0) is 636 Å².